The van der Waals surface area contributed by atoms with Gasteiger partial charge in [-0.2, -0.15) is 0 Å². The zero-order valence-electron chi connectivity index (χ0n) is 9.98. The van der Waals surface area contributed by atoms with Crippen LogP contribution in [0.1, 0.15) is 5.69 Å². The second-order valence-electron chi connectivity index (χ2n) is 3.93. The first-order valence-corrected chi connectivity index (χ1v) is 7.42. The first kappa shape index (κ1) is 14.2. The number of hydrogen-bond donors (Lipinski definition) is 0. The van der Waals surface area contributed by atoms with Crippen LogP contribution in [0.2, 0.25) is 0 Å². The number of pyridine rings is 1. The van der Waals surface area contributed by atoms with Gasteiger partial charge in [0.05, 0.1) is 5.75 Å². The second-order valence-corrected chi connectivity index (χ2v) is 5.89. The number of ketones is 1. The van der Waals surface area contributed by atoms with Gasteiger partial charge < -0.3 is 0 Å². The van der Waals surface area contributed by atoms with E-state index in [1.165, 1.54) is 23.9 Å². The van der Waals surface area contributed by atoms with Crippen molar-refractivity contribution in [3.05, 3.63) is 58.6 Å². The Labute approximate surface area is 123 Å². The van der Waals surface area contributed by atoms with Crippen LogP contribution in [0.15, 0.2) is 52.0 Å². The molecule has 0 fully saturated rings. The molecule has 0 saturated heterocycles. The summed E-state index contributed by atoms with van der Waals surface area (Å²) in [4.78, 5) is 16.8. The fourth-order valence-corrected chi connectivity index (χ4v) is 2.45. The highest BCUT2D eigenvalue weighted by atomic mass is 79.9. The summed E-state index contributed by atoms with van der Waals surface area (Å²) < 4.78 is 13.6. The molecule has 1 aromatic heterocycles. The van der Waals surface area contributed by atoms with E-state index in [2.05, 4.69) is 20.9 Å². The normalized spacial score (nSPS) is 10.4. The molecule has 0 radical (unpaired) electrons. The number of rotatable bonds is 5. The van der Waals surface area contributed by atoms with E-state index in [0.29, 0.717) is 12.2 Å². The van der Waals surface area contributed by atoms with E-state index >= 15 is 0 Å². The largest absolute Gasteiger partial charge is 0.298 e. The van der Waals surface area contributed by atoms with Crippen LogP contribution in [-0.2, 0) is 11.2 Å². The van der Waals surface area contributed by atoms with Crippen LogP contribution in [0.25, 0.3) is 0 Å². The Bertz CT molecular complexity index is 557. The van der Waals surface area contributed by atoms with E-state index in [-0.39, 0.29) is 11.6 Å². The van der Waals surface area contributed by atoms with E-state index in [9.17, 15) is 9.18 Å². The lowest BCUT2D eigenvalue weighted by Gasteiger charge is -2.02. The number of Topliss-reactive ketones (excluding diaryl/α,β-unsaturated/α-hetero) is 1. The molecule has 0 aliphatic heterocycles. The average Bonchev–Trinajstić information content (AvgIpc) is 2.41. The number of halogens is 2. The number of aromatic nitrogens is 1. The molecule has 0 atom stereocenters. The molecule has 2 aromatic rings. The van der Waals surface area contributed by atoms with Gasteiger partial charge in [0.25, 0.3) is 0 Å². The molecule has 0 amide bonds. The lowest BCUT2D eigenvalue weighted by Crippen LogP contribution is -2.06. The quantitative estimate of drug-likeness (QED) is 0.774. The van der Waals surface area contributed by atoms with Crippen molar-refractivity contribution in [1.29, 1.82) is 0 Å². The van der Waals surface area contributed by atoms with Gasteiger partial charge in [0.2, 0.25) is 0 Å². The molecule has 2 nitrogen and oxygen atoms in total. The van der Waals surface area contributed by atoms with Crippen LogP contribution in [0.3, 0.4) is 0 Å². The maximum absolute atomic E-state index is 12.7. The van der Waals surface area contributed by atoms with Crippen LogP contribution in [0, 0.1) is 5.82 Å². The SMILES string of the molecule is O=C(CSc1ccc(F)cc1)Cc1ccc(Br)cn1. The number of carbonyl (C=O) groups excluding carboxylic acids is 1. The molecular formula is C14H11BrFNOS. The van der Waals surface area contributed by atoms with Crippen molar-refractivity contribution in [2.45, 2.75) is 11.3 Å². The van der Waals surface area contributed by atoms with Gasteiger partial charge in [0.15, 0.2) is 0 Å². The molecule has 0 bridgehead atoms. The lowest BCUT2D eigenvalue weighted by molar-refractivity contribution is -0.116. The molecule has 0 spiro atoms. The van der Waals surface area contributed by atoms with Crippen molar-refractivity contribution in [2.75, 3.05) is 5.75 Å². The Hall–Kier alpha value is -1.20. The summed E-state index contributed by atoms with van der Waals surface area (Å²) in [5, 5.41) is 0. The van der Waals surface area contributed by atoms with E-state index in [1.54, 1.807) is 18.3 Å². The fraction of sp³-hybridized carbons (Fsp3) is 0.143. The summed E-state index contributed by atoms with van der Waals surface area (Å²) >= 11 is 4.70. The van der Waals surface area contributed by atoms with E-state index in [0.717, 1.165) is 15.1 Å². The minimum atomic E-state index is -0.269. The molecule has 98 valence electrons. The van der Waals surface area contributed by atoms with Gasteiger partial charge in [-0.05, 0) is 52.3 Å². The number of thioether (sulfide) groups is 1. The zero-order chi connectivity index (χ0) is 13.7. The second kappa shape index (κ2) is 6.82. The third kappa shape index (κ3) is 4.76. The lowest BCUT2D eigenvalue weighted by atomic mass is 10.2. The molecule has 1 heterocycles. The summed E-state index contributed by atoms with van der Waals surface area (Å²) in [6, 6.07) is 9.82. The zero-order valence-corrected chi connectivity index (χ0v) is 12.4. The first-order valence-electron chi connectivity index (χ1n) is 5.64. The van der Waals surface area contributed by atoms with Gasteiger partial charge in [0.1, 0.15) is 11.6 Å². The van der Waals surface area contributed by atoms with Crippen molar-refractivity contribution < 1.29 is 9.18 Å². The average molecular weight is 340 g/mol. The molecule has 0 N–H and O–H groups in total. The van der Waals surface area contributed by atoms with Crippen LogP contribution >= 0.6 is 27.7 Å². The standard InChI is InChI=1S/C14H11BrFNOS/c15-10-1-4-12(17-8-10)7-13(18)9-19-14-5-2-11(16)3-6-14/h1-6,8H,7,9H2. The summed E-state index contributed by atoms with van der Waals surface area (Å²) in [7, 11) is 0. The third-order valence-electron chi connectivity index (χ3n) is 2.38. The maximum Gasteiger partial charge on any atom is 0.149 e. The minimum Gasteiger partial charge on any atom is -0.298 e. The highest BCUT2D eigenvalue weighted by Gasteiger charge is 2.06. The first-order chi connectivity index (χ1) is 9.13. The van der Waals surface area contributed by atoms with Crippen molar-refractivity contribution >= 4 is 33.5 Å². The van der Waals surface area contributed by atoms with E-state index in [1.807, 2.05) is 12.1 Å². The van der Waals surface area contributed by atoms with Gasteiger partial charge in [-0.3, -0.25) is 9.78 Å². The minimum absolute atomic E-state index is 0.101. The van der Waals surface area contributed by atoms with Crippen LogP contribution in [0.5, 0.6) is 0 Å². The number of carbonyl (C=O) groups is 1. The van der Waals surface area contributed by atoms with Gasteiger partial charge in [-0.25, -0.2) is 4.39 Å². The smallest absolute Gasteiger partial charge is 0.149 e. The molecule has 0 aliphatic carbocycles. The van der Waals surface area contributed by atoms with Gasteiger partial charge in [0, 0.05) is 27.7 Å². The number of hydrogen-bond acceptors (Lipinski definition) is 3. The highest BCUT2D eigenvalue weighted by molar-refractivity contribution is 9.10. The molecular weight excluding hydrogens is 329 g/mol. The Balaban J connectivity index is 1.84. The summed E-state index contributed by atoms with van der Waals surface area (Å²) in [6.45, 7) is 0. The van der Waals surface area contributed by atoms with Gasteiger partial charge in [-0.1, -0.05) is 0 Å². The summed E-state index contributed by atoms with van der Waals surface area (Å²) in [6.07, 6.45) is 2.00. The molecule has 2 rings (SSSR count). The molecule has 5 heteroatoms. The van der Waals surface area contributed by atoms with E-state index < -0.39 is 0 Å². The van der Waals surface area contributed by atoms with Crippen LogP contribution < -0.4 is 0 Å². The van der Waals surface area contributed by atoms with Crippen molar-refractivity contribution in [3.63, 3.8) is 0 Å². The molecule has 0 saturated carbocycles. The van der Waals surface area contributed by atoms with Gasteiger partial charge >= 0.3 is 0 Å². The number of nitrogens with zero attached hydrogens (tertiary/aromatic N) is 1. The van der Waals surface area contributed by atoms with E-state index in [4.69, 9.17) is 0 Å². The molecule has 1 aromatic carbocycles. The Morgan fingerprint density at radius 1 is 1.21 bits per heavy atom. The predicted molar refractivity (Wildman–Crippen MR) is 77.8 cm³/mol. The van der Waals surface area contributed by atoms with Crippen molar-refractivity contribution in [2.24, 2.45) is 0 Å². The summed E-state index contributed by atoms with van der Waals surface area (Å²) in [5.74, 6) is 0.197. The number of benzene rings is 1. The van der Waals surface area contributed by atoms with Crippen molar-refractivity contribution in [3.8, 4) is 0 Å². The topological polar surface area (TPSA) is 30.0 Å². The summed E-state index contributed by atoms with van der Waals surface area (Å²) in [5.41, 5.74) is 0.757. The highest BCUT2D eigenvalue weighted by Crippen LogP contribution is 2.18. The molecule has 0 unspecified atom stereocenters. The monoisotopic (exact) mass is 339 g/mol. The molecule has 0 aliphatic rings. The predicted octanol–water partition coefficient (Wildman–Crippen LogP) is 3.89. The fourth-order valence-electron chi connectivity index (χ4n) is 1.46. The maximum atomic E-state index is 12.7. The third-order valence-corrected chi connectivity index (χ3v) is 3.92. The molecule has 19 heavy (non-hydrogen) atoms. The van der Waals surface area contributed by atoms with Gasteiger partial charge in [-0.15, -0.1) is 11.8 Å². The Morgan fingerprint density at radius 2 is 1.95 bits per heavy atom. The Morgan fingerprint density at radius 3 is 2.58 bits per heavy atom. The Kier molecular flexibility index (Phi) is 5.10. The van der Waals surface area contributed by atoms with Crippen molar-refractivity contribution in [1.82, 2.24) is 4.98 Å². The van der Waals surface area contributed by atoms with Crippen LogP contribution in [-0.4, -0.2) is 16.5 Å². The van der Waals surface area contributed by atoms with Crippen LogP contribution in [0.4, 0.5) is 4.39 Å².